The average molecular weight is 494 g/mol. The van der Waals surface area contributed by atoms with Crippen LogP contribution in [-0.4, -0.2) is 31.5 Å². The predicted molar refractivity (Wildman–Crippen MR) is 129 cm³/mol. The fourth-order valence-electron chi connectivity index (χ4n) is 3.15. The molecule has 0 aliphatic heterocycles. The monoisotopic (exact) mass is 493 g/mol. The number of thioether (sulfide) groups is 1. The predicted octanol–water partition coefficient (Wildman–Crippen LogP) is 4.33. The summed E-state index contributed by atoms with van der Waals surface area (Å²) in [5.74, 6) is 0.518. The van der Waals surface area contributed by atoms with Gasteiger partial charge in [0.05, 0.1) is 30.6 Å². The van der Waals surface area contributed by atoms with E-state index < -0.39 is 0 Å². The minimum absolute atomic E-state index is 0.0454. The van der Waals surface area contributed by atoms with Crippen LogP contribution in [0.15, 0.2) is 47.1 Å². The standard InChI is InChI=1S/C22H16ClN7OS2/c23-15-3-1-13(2-4-15)21-28-16(11-32-21)12-33-22-18(8-25)19(17(7-24)20(26)29-22)14-9-27-30(10-14)5-6-31/h1-4,9-11,31H,5-6,12H2,(H2,26,29). The second-order valence-corrected chi connectivity index (χ2v) is 9.06. The Labute approximate surface area is 202 Å². The molecular formula is C22H16ClN7OS2. The molecule has 0 bridgehead atoms. The number of aliphatic hydroxyl groups is 1. The van der Waals surface area contributed by atoms with Crippen molar-refractivity contribution in [3.8, 4) is 33.8 Å². The summed E-state index contributed by atoms with van der Waals surface area (Å²) in [6.07, 6.45) is 3.21. The zero-order valence-electron chi connectivity index (χ0n) is 17.1. The summed E-state index contributed by atoms with van der Waals surface area (Å²) in [7, 11) is 0. The van der Waals surface area contributed by atoms with E-state index in [9.17, 15) is 10.5 Å². The highest BCUT2D eigenvalue weighted by Gasteiger charge is 2.22. The van der Waals surface area contributed by atoms with Crippen molar-refractivity contribution in [1.29, 1.82) is 10.5 Å². The maximum Gasteiger partial charge on any atom is 0.143 e. The quantitative estimate of drug-likeness (QED) is 0.363. The molecule has 0 atom stereocenters. The molecule has 3 heterocycles. The number of hydrogen-bond acceptors (Lipinski definition) is 9. The summed E-state index contributed by atoms with van der Waals surface area (Å²) >= 11 is 8.80. The minimum Gasteiger partial charge on any atom is -0.394 e. The van der Waals surface area contributed by atoms with Gasteiger partial charge in [-0.25, -0.2) is 9.97 Å². The number of benzene rings is 1. The number of nitrogens with two attached hydrogens (primary N) is 1. The summed E-state index contributed by atoms with van der Waals surface area (Å²) in [5, 5.41) is 36.8. The van der Waals surface area contributed by atoms with Crippen molar-refractivity contribution < 1.29 is 5.11 Å². The van der Waals surface area contributed by atoms with Gasteiger partial charge in [-0.2, -0.15) is 15.6 Å². The number of nitrogen functional groups attached to an aromatic ring is 1. The van der Waals surface area contributed by atoms with E-state index >= 15 is 0 Å². The Balaban J connectivity index is 1.64. The summed E-state index contributed by atoms with van der Waals surface area (Å²) < 4.78 is 1.54. The molecule has 164 valence electrons. The molecule has 11 heteroatoms. The molecule has 0 amide bonds. The largest absolute Gasteiger partial charge is 0.394 e. The molecule has 0 saturated carbocycles. The van der Waals surface area contributed by atoms with E-state index in [1.165, 1.54) is 27.8 Å². The van der Waals surface area contributed by atoms with E-state index in [1.807, 2.05) is 29.6 Å². The topological polar surface area (TPSA) is 137 Å². The minimum atomic E-state index is -0.0808. The third-order valence-electron chi connectivity index (χ3n) is 4.67. The first-order valence-electron chi connectivity index (χ1n) is 9.64. The molecule has 3 aromatic heterocycles. The van der Waals surface area contributed by atoms with Gasteiger partial charge >= 0.3 is 0 Å². The molecule has 0 spiro atoms. The molecule has 8 nitrogen and oxygen atoms in total. The van der Waals surface area contributed by atoms with Crippen molar-refractivity contribution in [1.82, 2.24) is 19.7 Å². The van der Waals surface area contributed by atoms with Crippen LogP contribution in [0.4, 0.5) is 5.82 Å². The molecule has 4 aromatic rings. The number of halogens is 1. The highest BCUT2D eigenvalue weighted by molar-refractivity contribution is 7.98. The van der Waals surface area contributed by atoms with Gasteiger partial charge in [-0.05, 0) is 12.1 Å². The normalized spacial score (nSPS) is 10.7. The number of nitrogens with zero attached hydrogens (tertiary/aromatic N) is 6. The van der Waals surface area contributed by atoms with Crippen molar-refractivity contribution in [3.63, 3.8) is 0 Å². The fourth-order valence-corrected chi connectivity index (χ4v) is 5.09. The van der Waals surface area contributed by atoms with Gasteiger partial charge in [-0.15, -0.1) is 11.3 Å². The molecule has 33 heavy (non-hydrogen) atoms. The Morgan fingerprint density at radius 1 is 1.12 bits per heavy atom. The molecular weight excluding hydrogens is 478 g/mol. The third-order valence-corrected chi connectivity index (χ3v) is 6.87. The van der Waals surface area contributed by atoms with Gasteiger partial charge in [0.1, 0.15) is 33.6 Å². The number of pyridine rings is 1. The zero-order valence-corrected chi connectivity index (χ0v) is 19.5. The van der Waals surface area contributed by atoms with Crippen molar-refractivity contribution >= 4 is 40.5 Å². The van der Waals surface area contributed by atoms with Crippen LogP contribution in [0.3, 0.4) is 0 Å². The highest BCUT2D eigenvalue weighted by atomic mass is 35.5. The van der Waals surface area contributed by atoms with Crippen LogP contribution in [0.2, 0.25) is 5.02 Å². The molecule has 3 N–H and O–H groups in total. The van der Waals surface area contributed by atoms with E-state index in [1.54, 1.807) is 12.4 Å². The average Bonchev–Trinajstić information content (AvgIpc) is 3.48. The Hall–Kier alpha value is -3.41. The summed E-state index contributed by atoms with van der Waals surface area (Å²) in [5.41, 5.74) is 9.21. The van der Waals surface area contributed by atoms with E-state index in [-0.39, 0.29) is 23.6 Å². The van der Waals surface area contributed by atoms with Crippen LogP contribution in [0.25, 0.3) is 21.7 Å². The molecule has 0 aliphatic carbocycles. The lowest BCUT2D eigenvalue weighted by atomic mass is 9.99. The molecule has 0 aliphatic rings. The number of hydrogen-bond donors (Lipinski definition) is 2. The number of nitriles is 2. The molecule has 4 rings (SSSR count). The molecule has 0 fully saturated rings. The number of thiazole rings is 1. The Bertz CT molecular complexity index is 1380. The maximum atomic E-state index is 9.91. The molecule has 0 unspecified atom stereocenters. The first kappa shape index (κ1) is 22.8. The smallest absolute Gasteiger partial charge is 0.143 e. The molecule has 1 aromatic carbocycles. The van der Waals surface area contributed by atoms with Gasteiger partial charge in [0.25, 0.3) is 0 Å². The fraction of sp³-hybridized carbons (Fsp3) is 0.136. The molecule has 0 radical (unpaired) electrons. The van der Waals surface area contributed by atoms with Crippen molar-refractivity contribution in [3.05, 3.63) is 63.9 Å². The lowest BCUT2D eigenvalue weighted by Crippen LogP contribution is -2.03. The van der Waals surface area contributed by atoms with Gasteiger partial charge < -0.3 is 10.8 Å². The van der Waals surface area contributed by atoms with Gasteiger partial charge in [-0.1, -0.05) is 35.5 Å². The third kappa shape index (κ3) is 4.85. The van der Waals surface area contributed by atoms with E-state index in [0.717, 1.165) is 16.3 Å². The maximum absolute atomic E-state index is 9.91. The Kier molecular flexibility index (Phi) is 6.92. The number of rotatable bonds is 7. The number of anilines is 1. The molecule has 0 saturated heterocycles. The second-order valence-electron chi connectivity index (χ2n) is 6.81. The van der Waals surface area contributed by atoms with E-state index in [4.69, 9.17) is 22.4 Å². The first-order chi connectivity index (χ1) is 16.0. The first-order valence-corrected chi connectivity index (χ1v) is 11.9. The summed E-state index contributed by atoms with van der Waals surface area (Å²) in [6.45, 7) is 0.217. The van der Waals surface area contributed by atoms with E-state index in [2.05, 4.69) is 27.2 Å². The Morgan fingerprint density at radius 3 is 2.58 bits per heavy atom. The zero-order chi connectivity index (χ0) is 23.4. The lowest BCUT2D eigenvalue weighted by Gasteiger charge is -2.11. The van der Waals surface area contributed by atoms with Crippen molar-refractivity contribution in [2.24, 2.45) is 0 Å². The number of aromatic nitrogens is 4. The SMILES string of the molecule is N#Cc1c(N)nc(SCc2csc(-c3ccc(Cl)cc3)n2)c(C#N)c1-c1cnn(CCO)c1. The van der Waals surface area contributed by atoms with Crippen LogP contribution in [0.1, 0.15) is 16.8 Å². The van der Waals surface area contributed by atoms with Crippen molar-refractivity contribution in [2.45, 2.75) is 17.3 Å². The summed E-state index contributed by atoms with van der Waals surface area (Å²) in [4.78, 5) is 8.99. The van der Waals surface area contributed by atoms with Crippen LogP contribution in [0, 0.1) is 22.7 Å². The summed E-state index contributed by atoms with van der Waals surface area (Å²) in [6, 6.07) is 11.7. The Morgan fingerprint density at radius 2 is 1.88 bits per heavy atom. The second kappa shape index (κ2) is 10.0. The van der Waals surface area contributed by atoms with Crippen LogP contribution in [0.5, 0.6) is 0 Å². The number of aliphatic hydroxyl groups excluding tert-OH is 1. The van der Waals surface area contributed by atoms with Crippen molar-refractivity contribution in [2.75, 3.05) is 12.3 Å². The highest BCUT2D eigenvalue weighted by Crippen LogP contribution is 2.37. The lowest BCUT2D eigenvalue weighted by molar-refractivity contribution is 0.269. The van der Waals surface area contributed by atoms with Crippen LogP contribution in [-0.2, 0) is 12.3 Å². The van der Waals surface area contributed by atoms with Crippen LogP contribution < -0.4 is 5.73 Å². The van der Waals surface area contributed by atoms with Gasteiger partial charge in [-0.3, -0.25) is 4.68 Å². The van der Waals surface area contributed by atoms with Gasteiger partial charge in [0.2, 0.25) is 0 Å². The van der Waals surface area contributed by atoms with Crippen LogP contribution >= 0.6 is 34.7 Å². The van der Waals surface area contributed by atoms with Gasteiger partial charge in [0.15, 0.2) is 0 Å². The van der Waals surface area contributed by atoms with Gasteiger partial charge in [0, 0.05) is 39.0 Å². The van der Waals surface area contributed by atoms with E-state index in [0.29, 0.717) is 33.5 Å².